The fraction of sp³-hybridized carbons (Fsp3) is 0.333. The van der Waals surface area contributed by atoms with Crippen LogP contribution in [0.15, 0.2) is 52.9 Å². The number of aliphatic carboxylic acids is 1. The molecule has 1 N–H and O–H groups in total. The number of aromatic nitrogens is 1. The number of hydrogen-bond acceptors (Lipinski definition) is 6. The highest BCUT2D eigenvalue weighted by Gasteiger charge is 2.17. The zero-order valence-corrected chi connectivity index (χ0v) is 16.0. The molecule has 28 heavy (non-hydrogen) atoms. The predicted molar refractivity (Wildman–Crippen MR) is 106 cm³/mol. The zero-order chi connectivity index (χ0) is 19.9. The van der Waals surface area contributed by atoms with Gasteiger partial charge in [-0.1, -0.05) is 24.3 Å². The Morgan fingerprint density at radius 3 is 2.64 bits per heavy atom. The number of nitrogens with zero attached hydrogens (tertiary/aromatic N) is 2. The average Bonchev–Trinajstić information content (AvgIpc) is 3.13. The highest BCUT2D eigenvalue weighted by Crippen LogP contribution is 2.21. The monoisotopic (exact) mass is 384 g/mol. The molecule has 3 rings (SSSR count). The van der Waals surface area contributed by atoms with Gasteiger partial charge in [0, 0.05) is 14.2 Å². The van der Waals surface area contributed by atoms with Gasteiger partial charge in [-0.05, 0) is 36.2 Å². The summed E-state index contributed by atoms with van der Waals surface area (Å²) in [7, 11) is 3.41. The van der Waals surface area contributed by atoms with Gasteiger partial charge in [0.1, 0.15) is 17.9 Å². The van der Waals surface area contributed by atoms with Crippen LogP contribution in [0.3, 0.4) is 0 Å². The Labute approximate surface area is 163 Å². The third kappa shape index (κ3) is 5.01. The first-order valence-corrected chi connectivity index (χ1v) is 9.07. The Bertz CT molecular complexity index is 874. The Morgan fingerprint density at radius 1 is 1.21 bits per heavy atom. The molecule has 0 radical (unpaired) electrons. The molecule has 0 bridgehead atoms. The van der Waals surface area contributed by atoms with E-state index in [-0.39, 0.29) is 6.61 Å². The summed E-state index contributed by atoms with van der Waals surface area (Å²) in [6.07, 6.45) is 0.421. The van der Waals surface area contributed by atoms with Crippen LogP contribution < -0.4 is 9.64 Å². The summed E-state index contributed by atoms with van der Waals surface area (Å²) in [6, 6.07) is 15.7. The molecule has 0 aliphatic carbocycles. The molecule has 0 saturated carbocycles. The quantitative estimate of drug-likeness (QED) is 0.574. The molecule has 7 nitrogen and oxygen atoms in total. The van der Waals surface area contributed by atoms with Crippen LogP contribution in [-0.4, -0.2) is 50.0 Å². The second kappa shape index (κ2) is 9.23. The smallest absolute Gasteiger partial charge is 0.309 e. The van der Waals surface area contributed by atoms with Gasteiger partial charge in [-0.2, -0.15) is 4.98 Å². The average molecular weight is 384 g/mol. The molecule has 0 amide bonds. The van der Waals surface area contributed by atoms with Gasteiger partial charge < -0.3 is 23.9 Å². The summed E-state index contributed by atoms with van der Waals surface area (Å²) in [4.78, 5) is 17.6. The van der Waals surface area contributed by atoms with Crippen molar-refractivity contribution in [1.29, 1.82) is 0 Å². The molecule has 1 heterocycles. The van der Waals surface area contributed by atoms with Crippen molar-refractivity contribution in [2.75, 3.05) is 38.8 Å². The second-order valence-electron chi connectivity index (χ2n) is 6.57. The van der Waals surface area contributed by atoms with Crippen LogP contribution in [-0.2, 0) is 16.0 Å². The molecule has 0 saturated heterocycles. The molecule has 7 heteroatoms. The Morgan fingerprint density at radius 2 is 1.96 bits per heavy atom. The van der Waals surface area contributed by atoms with E-state index in [1.165, 1.54) is 7.11 Å². The number of fused-ring (bicyclic) bond motifs is 1. The highest BCUT2D eigenvalue weighted by atomic mass is 16.5. The fourth-order valence-electron chi connectivity index (χ4n) is 2.84. The van der Waals surface area contributed by atoms with E-state index >= 15 is 0 Å². The van der Waals surface area contributed by atoms with E-state index in [1.54, 1.807) is 0 Å². The minimum atomic E-state index is -0.857. The number of methoxy groups -OCH3 is 1. The molecular weight excluding hydrogens is 360 g/mol. The fourth-order valence-corrected chi connectivity index (χ4v) is 2.84. The molecule has 1 aromatic heterocycles. The SMILES string of the molecule is COCC(Cc1ccc(OCCN(C)c2nc3ccccc3o2)cc1)C(=O)O. The third-order valence-corrected chi connectivity index (χ3v) is 4.43. The molecule has 3 aromatic rings. The van der Waals surface area contributed by atoms with Crippen molar-refractivity contribution in [2.24, 2.45) is 5.92 Å². The van der Waals surface area contributed by atoms with E-state index in [1.807, 2.05) is 60.5 Å². The summed E-state index contributed by atoms with van der Waals surface area (Å²) in [5.41, 5.74) is 2.52. The number of carboxylic acids is 1. The number of likely N-dealkylation sites (N-methyl/N-ethyl adjacent to an activating group) is 1. The highest BCUT2D eigenvalue weighted by molar-refractivity contribution is 5.74. The first kappa shape index (κ1) is 19.7. The van der Waals surface area contributed by atoms with Crippen LogP contribution in [0, 0.1) is 5.92 Å². The van der Waals surface area contributed by atoms with E-state index in [2.05, 4.69) is 4.98 Å². The maximum Gasteiger partial charge on any atom is 0.309 e. The lowest BCUT2D eigenvalue weighted by atomic mass is 10.0. The van der Waals surface area contributed by atoms with Crippen LogP contribution >= 0.6 is 0 Å². The van der Waals surface area contributed by atoms with Crippen molar-refractivity contribution in [1.82, 2.24) is 4.98 Å². The first-order chi connectivity index (χ1) is 13.6. The normalized spacial score (nSPS) is 12.1. The van der Waals surface area contributed by atoms with E-state index in [0.29, 0.717) is 25.6 Å². The van der Waals surface area contributed by atoms with Crippen molar-refractivity contribution in [3.63, 3.8) is 0 Å². The molecule has 1 unspecified atom stereocenters. The number of benzene rings is 2. The van der Waals surface area contributed by atoms with Gasteiger partial charge in [0.2, 0.25) is 0 Å². The molecule has 2 aromatic carbocycles. The number of anilines is 1. The Hall–Kier alpha value is -3.06. The van der Waals surface area contributed by atoms with Gasteiger partial charge in [-0.3, -0.25) is 4.79 Å². The number of oxazole rings is 1. The summed E-state index contributed by atoms with van der Waals surface area (Å²) in [5.74, 6) is -0.681. The molecular formula is C21H24N2O5. The summed E-state index contributed by atoms with van der Waals surface area (Å²) in [6.45, 7) is 1.27. The summed E-state index contributed by atoms with van der Waals surface area (Å²) >= 11 is 0. The van der Waals surface area contributed by atoms with Crippen molar-refractivity contribution >= 4 is 23.1 Å². The first-order valence-electron chi connectivity index (χ1n) is 9.07. The topological polar surface area (TPSA) is 85.0 Å². The lowest BCUT2D eigenvalue weighted by Gasteiger charge is -2.15. The number of carbonyl (C=O) groups is 1. The molecule has 1 atom stereocenters. The third-order valence-electron chi connectivity index (χ3n) is 4.43. The largest absolute Gasteiger partial charge is 0.492 e. The minimum absolute atomic E-state index is 0.190. The second-order valence-corrected chi connectivity index (χ2v) is 6.57. The van der Waals surface area contributed by atoms with Gasteiger partial charge >= 0.3 is 5.97 Å². The number of ether oxygens (including phenoxy) is 2. The predicted octanol–water partition coefficient (Wildman–Crippen LogP) is 3.23. The minimum Gasteiger partial charge on any atom is -0.492 e. The zero-order valence-electron chi connectivity index (χ0n) is 16.0. The maximum absolute atomic E-state index is 11.2. The van der Waals surface area contributed by atoms with E-state index in [9.17, 15) is 9.90 Å². The van der Waals surface area contributed by atoms with Gasteiger partial charge in [-0.15, -0.1) is 0 Å². The van der Waals surface area contributed by atoms with Gasteiger partial charge in [0.05, 0.1) is 19.1 Å². The van der Waals surface area contributed by atoms with E-state index in [0.717, 1.165) is 22.4 Å². The number of rotatable bonds is 10. The van der Waals surface area contributed by atoms with E-state index < -0.39 is 11.9 Å². The molecule has 0 aliphatic rings. The number of para-hydroxylation sites is 2. The van der Waals surface area contributed by atoms with Gasteiger partial charge in [-0.25, -0.2) is 0 Å². The molecule has 0 aliphatic heterocycles. The molecule has 0 fully saturated rings. The Balaban J connectivity index is 1.49. The lowest BCUT2D eigenvalue weighted by Crippen LogP contribution is -2.24. The molecule has 148 valence electrons. The number of hydrogen-bond donors (Lipinski definition) is 1. The van der Waals surface area contributed by atoms with Crippen molar-refractivity contribution in [3.05, 3.63) is 54.1 Å². The summed E-state index contributed by atoms with van der Waals surface area (Å²) in [5, 5.41) is 9.21. The van der Waals surface area contributed by atoms with Crippen LogP contribution in [0.4, 0.5) is 6.01 Å². The number of carboxylic acid groups (broad SMARTS) is 1. The van der Waals surface area contributed by atoms with Crippen molar-refractivity contribution in [3.8, 4) is 5.75 Å². The van der Waals surface area contributed by atoms with Gasteiger partial charge in [0.25, 0.3) is 6.01 Å². The van der Waals surface area contributed by atoms with Crippen LogP contribution in [0.1, 0.15) is 5.56 Å². The van der Waals surface area contributed by atoms with Gasteiger partial charge in [0.15, 0.2) is 5.58 Å². The summed E-state index contributed by atoms with van der Waals surface area (Å²) < 4.78 is 16.5. The van der Waals surface area contributed by atoms with Crippen LogP contribution in [0.25, 0.3) is 11.1 Å². The van der Waals surface area contributed by atoms with Crippen molar-refractivity contribution < 1.29 is 23.8 Å². The van der Waals surface area contributed by atoms with Crippen LogP contribution in [0.2, 0.25) is 0 Å². The van der Waals surface area contributed by atoms with Crippen molar-refractivity contribution in [2.45, 2.75) is 6.42 Å². The molecule has 0 spiro atoms. The standard InChI is InChI=1S/C21H24N2O5/c1-23(21-22-18-5-3-4-6-19(18)28-21)11-12-27-17-9-7-15(8-10-17)13-16(14-26-2)20(24)25/h3-10,16H,11-14H2,1-2H3,(H,24,25). The lowest BCUT2D eigenvalue weighted by molar-refractivity contribution is -0.143. The van der Waals surface area contributed by atoms with Crippen LogP contribution in [0.5, 0.6) is 5.75 Å². The van der Waals surface area contributed by atoms with E-state index in [4.69, 9.17) is 13.9 Å². The Kier molecular flexibility index (Phi) is 6.49. The maximum atomic E-state index is 11.2.